The lowest BCUT2D eigenvalue weighted by Crippen LogP contribution is -2.12. The van der Waals surface area contributed by atoms with E-state index in [0.29, 0.717) is 10.8 Å². The van der Waals surface area contributed by atoms with Gasteiger partial charge in [-0.05, 0) is 56.3 Å². The first-order valence-corrected chi connectivity index (χ1v) is 7.59. The maximum Gasteiger partial charge on any atom is 0.146 e. The van der Waals surface area contributed by atoms with Gasteiger partial charge in [0.05, 0.1) is 5.02 Å². The summed E-state index contributed by atoms with van der Waals surface area (Å²) in [5, 5.41) is 3.80. The average Bonchev–Trinajstić information content (AvgIpc) is 2.44. The van der Waals surface area contributed by atoms with E-state index in [1.807, 2.05) is 50.4 Å². The zero-order chi connectivity index (χ0) is 14.7. The fourth-order valence-corrected chi connectivity index (χ4v) is 2.41. The summed E-state index contributed by atoms with van der Waals surface area (Å²) in [5.41, 5.74) is 2.20. The summed E-state index contributed by atoms with van der Waals surface area (Å²) in [5.74, 6) is 1.47. The van der Waals surface area contributed by atoms with Gasteiger partial charge in [-0.3, -0.25) is 0 Å². The number of ether oxygens (including phenoxy) is 1. The van der Waals surface area contributed by atoms with Gasteiger partial charge in [0.25, 0.3) is 0 Å². The number of halogens is 2. The second-order valence-corrected chi connectivity index (χ2v) is 6.03. The third-order valence-electron chi connectivity index (χ3n) is 3.26. The molecule has 0 spiro atoms. The Balaban J connectivity index is 2.28. The number of rotatable bonds is 4. The van der Waals surface area contributed by atoms with Crippen LogP contribution in [0.2, 0.25) is 5.02 Å². The van der Waals surface area contributed by atoms with Gasteiger partial charge in [-0.25, -0.2) is 0 Å². The molecule has 1 N–H and O–H groups in total. The summed E-state index contributed by atoms with van der Waals surface area (Å²) in [7, 11) is 1.92. The smallest absolute Gasteiger partial charge is 0.146 e. The molecule has 2 aromatic carbocycles. The predicted molar refractivity (Wildman–Crippen MR) is 87.9 cm³/mol. The highest BCUT2D eigenvalue weighted by Gasteiger charge is 2.09. The number of aryl methyl sites for hydroxylation is 1. The largest absolute Gasteiger partial charge is 0.455 e. The van der Waals surface area contributed by atoms with Gasteiger partial charge >= 0.3 is 0 Å². The van der Waals surface area contributed by atoms with Crippen LogP contribution in [0.1, 0.15) is 24.1 Å². The van der Waals surface area contributed by atoms with E-state index in [1.165, 1.54) is 0 Å². The van der Waals surface area contributed by atoms with Gasteiger partial charge in [0.1, 0.15) is 11.5 Å². The van der Waals surface area contributed by atoms with Crippen LogP contribution in [0.25, 0.3) is 0 Å². The van der Waals surface area contributed by atoms with Crippen molar-refractivity contribution in [1.29, 1.82) is 0 Å². The molecule has 2 nitrogen and oxygen atoms in total. The van der Waals surface area contributed by atoms with Crippen LogP contribution in [0, 0.1) is 6.92 Å². The summed E-state index contributed by atoms with van der Waals surface area (Å²) < 4.78 is 6.89. The molecule has 0 radical (unpaired) electrons. The molecule has 0 aromatic heterocycles. The van der Waals surface area contributed by atoms with Crippen molar-refractivity contribution in [3.05, 3.63) is 57.0 Å². The van der Waals surface area contributed by atoms with E-state index in [-0.39, 0.29) is 6.04 Å². The number of nitrogens with one attached hydrogen (secondary N) is 1. The Kier molecular flexibility index (Phi) is 5.08. The minimum Gasteiger partial charge on any atom is -0.455 e. The van der Waals surface area contributed by atoms with E-state index in [2.05, 4.69) is 28.2 Å². The van der Waals surface area contributed by atoms with Crippen molar-refractivity contribution in [1.82, 2.24) is 5.32 Å². The van der Waals surface area contributed by atoms with Crippen LogP contribution >= 0.6 is 27.5 Å². The first kappa shape index (κ1) is 15.4. The van der Waals surface area contributed by atoms with Gasteiger partial charge in [0, 0.05) is 10.5 Å². The Morgan fingerprint density at radius 1 is 1.15 bits per heavy atom. The Labute approximate surface area is 133 Å². The Hall–Kier alpha value is -1.03. The topological polar surface area (TPSA) is 21.3 Å². The van der Waals surface area contributed by atoms with Crippen molar-refractivity contribution in [2.75, 3.05) is 7.05 Å². The SMILES string of the molecule is CNC(C)c1ccc(Oc2cc(Br)ccc2C)c(Cl)c1. The van der Waals surface area contributed by atoms with Gasteiger partial charge in [-0.15, -0.1) is 0 Å². The molecular formula is C16H17BrClNO. The summed E-state index contributed by atoms with van der Waals surface area (Å²) in [6.45, 7) is 4.10. The molecule has 0 aliphatic carbocycles. The molecule has 0 aliphatic rings. The van der Waals surface area contributed by atoms with E-state index in [0.717, 1.165) is 21.3 Å². The lowest BCUT2D eigenvalue weighted by atomic mass is 10.1. The molecule has 0 bridgehead atoms. The first-order valence-electron chi connectivity index (χ1n) is 6.42. The summed E-state index contributed by atoms with van der Waals surface area (Å²) in [6.07, 6.45) is 0. The number of hydrogen-bond acceptors (Lipinski definition) is 2. The van der Waals surface area contributed by atoms with Crippen LogP contribution in [0.4, 0.5) is 0 Å². The third kappa shape index (κ3) is 3.54. The standard InChI is InChI=1S/C16H17BrClNO/c1-10-4-6-13(17)9-16(10)20-15-7-5-12(8-14(15)18)11(2)19-3/h4-9,11,19H,1-3H3. The molecule has 0 fully saturated rings. The molecule has 0 saturated heterocycles. The molecule has 0 aliphatic heterocycles. The van der Waals surface area contributed by atoms with Crippen molar-refractivity contribution < 1.29 is 4.74 Å². The molecular weight excluding hydrogens is 338 g/mol. The minimum atomic E-state index is 0.258. The second kappa shape index (κ2) is 6.61. The average molecular weight is 355 g/mol. The fraction of sp³-hybridized carbons (Fsp3) is 0.250. The molecule has 0 amide bonds. The second-order valence-electron chi connectivity index (χ2n) is 4.71. The Morgan fingerprint density at radius 2 is 1.90 bits per heavy atom. The van der Waals surface area contributed by atoms with Crippen molar-refractivity contribution in [2.45, 2.75) is 19.9 Å². The van der Waals surface area contributed by atoms with Gasteiger partial charge in [0.2, 0.25) is 0 Å². The van der Waals surface area contributed by atoms with Gasteiger partial charge in [-0.1, -0.05) is 39.7 Å². The Morgan fingerprint density at radius 3 is 2.55 bits per heavy atom. The van der Waals surface area contributed by atoms with Crippen LogP contribution < -0.4 is 10.1 Å². The fourth-order valence-electron chi connectivity index (χ4n) is 1.84. The molecule has 2 rings (SSSR count). The monoisotopic (exact) mass is 353 g/mol. The lowest BCUT2D eigenvalue weighted by molar-refractivity contribution is 0.478. The molecule has 2 aromatic rings. The van der Waals surface area contributed by atoms with Gasteiger partial charge in [0.15, 0.2) is 0 Å². The minimum absolute atomic E-state index is 0.258. The molecule has 4 heteroatoms. The maximum absolute atomic E-state index is 6.31. The zero-order valence-electron chi connectivity index (χ0n) is 11.7. The molecule has 1 unspecified atom stereocenters. The lowest BCUT2D eigenvalue weighted by Gasteiger charge is -2.14. The van der Waals surface area contributed by atoms with E-state index >= 15 is 0 Å². The zero-order valence-corrected chi connectivity index (χ0v) is 14.0. The van der Waals surface area contributed by atoms with E-state index in [1.54, 1.807) is 0 Å². The molecule has 0 heterocycles. The van der Waals surface area contributed by atoms with Crippen molar-refractivity contribution in [3.63, 3.8) is 0 Å². The van der Waals surface area contributed by atoms with Crippen LogP contribution in [0.3, 0.4) is 0 Å². The van der Waals surface area contributed by atoms with Crippen LogP contribution in [0.15, 0.2) is 40.9 Å². The third-order valence-corrected chi connectivity index (χ3v) is 4.05. The molecule has 106 valence electrons. The van der Waals surface area contributed by atoms with E-state index in [9.17, 15) is 0 Å². The van der Waals surface area contributed by atoms with Gasteiger partial charge < -0.3 is 10.1 Å². The van der Waals surface area contributed by atoms with Crippen LogP contribution in [0.5, 0.6) is 11.5 Å². The quantitative estimate of drug-likeness (QED) is 0.784. The summed E-state index contributed by atoms with van der Waals surface area (Å²) >= 11 is 9.75. The van der Waals surface area contributed by atoms with Crippen LogP contribution in [-0.4, -0.2) is 7.05 Å². The van der Waals surface area contributed by atoms with Crippen LogP contribution in [-0.2, 0) is 0 Å². The summed E-state index contributed by atoms with van der Waals surface area (Å²) in [6, 6.07) is 12.1. The van der Waals surface area contributed by atoms with E-state index < -0.39 is 0 Å². The molecule has 1 atom stereocenters. The highest BCUT2D eigenvalue weighted by Crippen LogP contribution is 2.34. The van der Waals surface area contributed by atoms with Gasteiger partial charge in [-0.2, -0.15) is 0 Å². The van der Waals surface area contributed by atoms with E-state index in [4.69, 9.17) is 16.3 Å². The first-order chi connectivity index (χ1) is 9.51. The molecule has 20 heavy (non-hydrogen) atoms. The number of hydrogen-bond donors (Lipinski definition) is 1. The highest BCUT2D eigenvalue weighted by molar-refractivity contribution is 9.10. The number of benzene rings is 2. The highest BCUT2D eigenvalue weighted by atomic mass is 79.9. The maximum atomic E-state index is 6.31. The Bertz CT molecular complexity index is 615. The van der Waals surface area contributed by atoms with Crippen molar-refractivity contribution in [2.24, 2.45) is 0 Å². The summed E-state index contributed by atoms with van der Waals surface area (Å²) in [4.78, 5) is 0. The molecule has 0 saturated carbocycles. The predicted octanol–water partition coefficient (Wildman–Crippen LogP) is 5.48. The normalized spacial score (nSPS) is 12.2. The van der Waals surface area contributed by atoms with Crippen molar-refractivity contribution in [3.8, 4) is 11.5 Å². The van der Waals surface area contributed by atoms with Crippen molar-refractivity contribution >= 4 is 27.5 Å².